The zero-order valence-corrected chi connectivity index (χ0v) is 16.8. The fourth-order valence-electron chi connectivity index (χ4n) is 2.88. The van der Waals surface area contributed by atoms with Crippen LogP contribution in [-0.2, 0) is 6.42 Å². The molecule has 0 aliphatic carbocycles. The first-order chi connectivity index (χ1) is 12.8. The summed E-state index contributed by atoms with van der Waals surface area (Å²) in [6.45, 7) is 5.62. The summed E-state index contributed by atoms with van der Waals surface area (Å²) in [5, 5.41) is 6.11. The summed E-state index contributed by atoms with van der Waals surface area (Å²) in [5.41, 5.74) is 2.72. The Kier molecular flexibility index (Phi) is 7.05. The molecular weight excluding hydrogens is 389 g/mol. The van der Waals surface area contributed by atoms with Crippen molar-refractivity contribution in [2.75, 3.05) is 13.1 Å². The van der Waals surface area contributed by atoms with Crippen molar-refractivity contribution in [2.45, 2.75) is 27.2 Å². The average Bonchev–Trinajstić information content (AvgIpc) is 2.97. The lowest BCUT2D eigenvalue weighted by Crippen LogP contribution is -2.35. The standard InChI is InChI=1S/C19H21Cl2N3O3/c1-4-13-16(11(3)25)10(2)24-17(13)19(27)23-8-7-22-18(26)12-5-6-14(20)15(21)9-12/h5-6,9,24H,4,7-8H2,1-3H3,(H,22,26)(H,23,27). The molecule has 0 bridgehead atoms. The molecule has 0 unspecified atom stereocenters. The molecule has 3 N–H and O–H groups in total. The Labute approximate surface area is 167 Å². The summed E-state index contributed by atoms with van der Waals surface area (Å²) >= 11 is 11.7. The minimum atomic E-state index is -0.314. The Morgan fingerprint density at radius 3 is 2.22 bits per heavy atom. The fourth-order valence-corrected chi connectivity index (χ4v) is 3.18. The van der Waals surface area contributed by atoms with Gasteiger partial charge in [0.2, 0.25) is 0 Å². The lowest BCUT2D eigenvalue weighted by Gasteiger charge is -2.08. The van der Waals surface area contributed by atoms with Gasteiger partial charge in [-0.3, -0.25) is 14.4 Å². The number of ketones is 1. The number of hydrogen-bond donors (Lipinski definition) is 3. The summed E-state index contributed by atoms with van der Waals surface area (Å²) in [6, 6.07) is 4.60. The van der Waals surface area contributed by atoms with E-state index in [1.54, 1.807) is 19.1 Å². The van der Waals surface area contributed by atoms with Gasteiger partial charge >= 0.3 is 0 Å². The van der Waals surface area contributed by atoms with Crippen molar-refractivity contribution in [1.82, 2.24) is 15.6 Å². The number of hydrogen-bond acceptors (Lipinski definition) is 3. The zero-order chi connectivity index (χ0) is 20.1. The Hall–Kier alpha value is -2.31. The van der Waals surface area contributed by atoms with Gasteiger partial charge in [0, 0.05) is 29.9 Å². The van der Waals surface area contributed by atoms with Crippen LogP contribution in [0.2, 0.25) is 10.0 Å². The lowest BCUT2D eigenvalue weighted by atomic mass is 10.0. The van der Waals surface area contributed by atoms with Crippen LogP contribution in [0.3, 0.4) is 0 Å². The second kappa shape index (κ2) is 9.06. The van der Waals surface area contributed by atoms with Gasteiger partial charge < -0.3 is 15.6 Å². The number of carbonyl (C=O) groups excluding carboxylic acids is 3. The van der Waals surface area contributed by atoms with E-state index in [9.17, 15) is 14.4 Å². The Morgan fingerprint density at radius 1 is 1.04 bits per heavy atom. The predicted octanol–water partition coefficient (Wildman–Crippen LogP) is 3.55. The summed E-state index contributed by atoms with van der Waals surface area (Å²) in [5.74, 6) is -0.702. The van der Waals surface area contributed by atoms with E-state index in [2.05, 4.69) is 15.6 Å². The van der Waals surface area contributed by atoms with Crippen LogP contribution < -0.4 is 10.6 Å². The van der Waals surface area contributed by atoms with Crippen molar-refractivity contribution in [3.05, 3.63) is 56.3 Å². The monoisotopic (exact) mass is 409 g/mol. The van der Waals surface area contributed by atoms with Crippen molar-refractivity contribution in [3.63, 3.8) is 0 Å². The highest BCUT2D eigenvalue weighted by Crippen LogP contribution is 2.22. The summed E-state index contributed by atoms with van der Waals surface area (Å²) in [6.07, 6.45) is 0.566. The molecule has 2 amide bonds. The van der Waals surface area contributed by atoms with Crippen LogP contribution in [0.15, 0.2) is 18.2 Å². The number of halogens is 2. The van der Waals surface area contributed by atoms with Gasteiger partial charge in [0.05, 0.1) is 10.0 Å². The first-order valence-corrected chi connectivity index (χ1v) is 9.25. The fraction of sp³-hybridized carbons (Fsp3) is 0.316. The van der Waals surface area contributed by atoms with E-state index in [-0.39, 0.29) is 30.7 Å². The molecular formula is C19H21Cl2N3O3. The maximum atomic E-state index is 12.4. The molecule has 0 spiro atoms. The van der Waals surface area contributed by atoms with E-state index >= 15 is 0 Å². The maximum Gasteiger partial charge on any atom is 0.268 e. The van der Waals surface area contributed by atoms with Crippen molar-refractivity contribution in [3.8, 4) is 0 Å². The number of aromatic nitrogens is 1. The average molecular weight is 410 g/mol. The number of Topliss-reactive ketones (excluding diaryl/α,β-unsaturated/α-hetero) is 1. The Balaban J connectivity index is 1.93. The first-order valence-electron chi connectivity index (χ1n) is 8.50. The highest BCUT2D eigenvalue weighted by Gasteiger charge is 2.21. The van der Waals surface area contributed by atoms with E-state index in [1.165, 1.54) is 13.0 Å². The van der Waals surface area contributed by atoms with Crippen molar-refractivity contribution in [1.29, 1.82) is 0 Å². The molecule has 0 aliphatic rings. The number of aryl methyl sites for hydroxylation is 1. The van der Waals surface area contributed by atoms with E-state index in [0.717, 1.165) is 0 Å². The Bertz CT molecular complexity index is 891. The number of nitrogens with one attached hydrogen (secondary N) is 3. The lowest BCUT2D eigenvalue weighted by molar-refractivity contribution is 0.0924. The third-order valence-electron chi connectivity index (χ3n) is 4.10. The summed E-state index contributed by atoms with van der Waals surface area (Å²) in [4.78, 5) is 39.3. The van der Waals surface area contributed by atoms with Crippen molar-refractivity contribution >= 4 is 40.8 Å². The van der Waals surface area contributed by atoms with E-state index in [4.69, 9.17) is 23.2 Å². The molecule has 6 nitrogen and oxygen atoms in total. The van der Waals surface area contributed by atoms with Gasteiger partial charge in [0.1, 0.15) is 5.69 Å². The molecule has 2 aromatic rings. The minimum Gasteiger partial charge on any atom is -0.354 e. The molecule has 1 aromatic carbocycles. The van der Waals surface area contributed by atoms with Crippen LogP contribution in [0.25, 0.3) is 0 Å². The molecule has 0 saturated heterocycles. The molecule has 2 rings (SSSR count). The molecule has 8 heteroatoms. The van der Waals surface area contributed by atoms with Crippen LogP contribution >= 0.6 is 23.2 Å². The SMILES string of the molecule is CCc1c(C(=O)NCCNC(=O)c2ccc(Cl)c(Cl)c2)[nH]c(C)c1C(C)=O. The van der Waals surface area contributed by atoms with Gasteiger partial charge in [-0.2, -0.15) is 0 Å². The summed E-state index contributed by atoms with van der Waals surface area (Å²) < 4.78 is 0. The van der Waals surface area contributed by atoms with Crippen LogP contribution in [0.5, 0.6) is 0 Å². The second-order valence-corrected chi connectivity index (χ2v) is 6.84. The molecule has 144 valence electrons. The molecule has 1 heterocycles. The number of carbonyl (C=O) groups is 3. The molecule has 0 radical (unpaired) electrons. The van der Waals surface area contributed by atoms with Crippen LogP contribution in [0.1, 0.15) is 56.3 Å². The van der Waals surface area contributed by atoms with Gasteiger partial charge in [-0.25, -0.2) is 0 Å². The summed E-state index contributed by atoms with van der Waals surface area (Å²) in [7, 11) is 0. The highest BCUT2D eigenvalue weighted by atomic mass is 35.5. The number of H-pyrrole nitrogens is 1. The molecule has 0 saturated carbocycles. The minimum absolute atomic E-state index is 0.0754. The highest BCUT2D eigenvalue weighted by molar-refractivity contribution is 6.42. The van der Waals surface area contributed by atoms with Gasteiger partial charge in [-0.15, -0.1) is 0 Å². The number of aromatic amines is 1. The van der Waals surface area contributed by atoms with E-state index in [1.807, 2.05) is 6.92 Å². The number of rotatable bonds is 7. The zero-order valence-electron chi connectivity index (χ0n) is 15.3. The van der Waals surface area contributed by atoms with E-state index in [0.29, 0.717) is 44.5 Å². The molecule has 1 aromatic heterocycles. The number of amides is 2. The van der Waals surface area contributed by atoms with E-state index < -0.39 is 0 Å². The van der Waals surface area contributed by atoms with Crippen molar-refractivity contribution < 1.29 is 14.4 Å². The Morgan fingerprint density at radius 2 is 1.67 bits per heavy atom. The number of benzene rings is 1. The quantitative estimate of drug-likeness (QED) is 0.482. The van der Waals surface area contributed by atoms with Gasteiger partial charge in [-0.05, 0) is 44.0 Å². The molecule has 0 aliphatic heterocycles. The topological polar surface area (TPSA) is 91.1 Å². The van der Waals surface area contributed by atoms with Crippen molar-refractivity contribution in [2.24, 2.45) is 0 Å². The predicted molar refractivity (Wildman–Crippen MR) is 106 cm³/mol. The van der Waals surface area contributed by atoms with Gasteiger partial charge in [0.15, 0.2) is 5.78 Å². The largest absolute Gasteiger partial charge is 0.354 e. The molecule has 27 heavy (non-hydrogen) atoms. The van der Waals surface area contributed by atoms with Crippen LogP contribution in [0.4, 0.5) is 0 Å². The molecule has 0 atom stereocenters. The first kappa shape index (κ1) is 21.0. The third kappa shape index (κ3) is 4.90. The normalized spacial score (nSPS) is 10.6. The molecule has 0 fully saturated rings. The van der Waals surface area contributed by atoms with Crippen LogP contribution in [0, 0.1) is 6.92 Å². The smallest absolute Gasteiger partial charge is 0.268 e. The van der Waals surface area contributed by atoms with Gasteiger partial charge in [0.25, 0.3) is 11.8 Å². The third-order valence-corrected chi connectivity index (χ3v) is 4.84. The van der Waals surface area contributed by atoms with Crippen LogP contribution in [-0.4, -0.2) is 35.7 Å². The second-order valence-electron chi connectivity index (χ2n) is 6.03. The maximum absolute atomic E-state index is 12.4. The van der Waals surface area contributed by atoms with Gasteiger partial charge in [-0.1, -0.05) is 30.1 Å².